The monoisotopic (exact) mass is 719 g/mol. The van der Waals surface area contributed by atoms with Gasteiger partial charge in [0, 0.05) is 51.4 Å². The number of aromatic carboxylic acids is 1. The van der Waals surface area contributed by atoms with Gasteiger partial charge in [-0.3, -0.25) is 4.79 Å². The van der Waals surface area contributed by atoms with Gasteiger partial charge in [-0.1, -0.05) is 12.1 Å². The maximum atomic E-state index is 12.9. The summed E-state index contributed by atoms with van der Waals surface area (Å²) in [4.78, 5) is 46.2. The number of amides is 2. The van der Waals surface area contributed by atoms with Gasteiger partial charge in [0.05, 0.1) is 0 Å². The molecule has 0 saturated carbocycles. The number of hydrogen-bond acceptors (Lipinski definition) is 9. The first-order chi connectivity index (χ1) is 24.9. The number of pyridine rings is 2. The summed E-state index contributed by atoms with van der Waals surface area (Å²) in [6.45, 7) is 10.3. The van der Waals surface area contributed by atoms with Crippen molar-refractivity contribution in [3.8, 4) is 23.3 Å². The van der Waals surface area contributed by atoms with Crippen LogP contribution >= 0.6 is 0 Å². The van der Waals surface area contributed by atoms with Crippen molar-refractivity contribution in [3.63, 3.8) is 0 Å². The molecule has 2 aliphatic heterocycles. The summed E-state index contributed by atoms with van der Waals surface area (Å²) in [6, 6.07) is 20.5. The Morgan fingerprint density at radius 1 is 0.673 bits per heavy atom. The number of piperidine rings is 1. The van der Waals surface area contributed by atoms with E-state index in [1.165, 1.54) is 73.2 Å². The lowest BCUT2D eigenvalue weighted by Crippen LogP contribution is -2.46. The Kier molecular flexibility index (Phi) is 14.4. The molecule has 4 heterocycles. The molecule has 2 fully saturated rings. The molecule has 2 amide bonds. The highest BCUT2D eigenvalue weighted by Gasteiger charge is 2.23. The van der Waals surface area contributed by atoms with Crippen LogP contribution in [0.15, 0.2) is 84.9 Å². The van der Waals surface area contributed by atoms with Crippen molar-refractivity contribution < 1.29 is 42.5 Å². The molecule has 0 spiro atoms. The van der Waals surface area contributed by atoms with Gasteiger partial charge < -0.3 is 34.4 Å². The average Bonchev–Trinajstić information content (AvgIpc) is 3.14. The zero-order valence-corrected chi connectivity index (χ0v) is 29.4. The number of hydrogen-bond donors (Lipinski definition) is 2. The molecule has 0 aliphatic carbocycles. The van der Waals surface area contributed by atoms with E-state index in [0.29, 0.717) is 36.2 Å². The molecule has 4 aromatic rings. The molecule has 2 aromatic carbocycles. The molecule has 52 heavy (non-hydrogen) atoms. The zero-order valence-electron chi connectivity index (χ0n) is 29.4. The highest BCUT2D eigenvalue weighted by Crippen LogP contribution is 2.21. The fraction of sp³-hybridized carbons (Fsp3) is 0.342. The summed E-state index contributed by atoms with van der Waals surface area (Å²) in [5.41, 5.74) is -0.125. The van der Waals surface area contributed by atoms with E-state index in [-0.39, 0.29) is 40.8 Å². The van der Waals surface area contributed by atoms with Crippen LogP contribution in [0.4, 0.5) is 13.6 Å². The van der Waals surface area contributed by atoms with Crippen molar-refractivity contribution in [3.05, 3.63) is 108 Å². The Bertz CT molecular complexity index is 1760. The first-order valence-electron chi connectivity index (χ1n) is 16.9. The first kappa shape index (κ1) is 39.2. The number of nitrogens with zero attached hydrogens (tertiary/aromatic N) is 4. The summed E-state index contributed by atoms with van der Waals surface area (Å²) in [5.74, 6) is -0.612. The van der Waals surface area contributed by atoms with E-state index in [1.54, 1.807) is 28.0 Å². The molecule has 6 rings (SSSR count). The minimum Gasteiger partial charge on any atom is -0.477 e. The Balaban J connectivity index is 0.000000181. The number of halogens is 2. The summed E-state index contributed by atoms with van der Waals surface area (Å²) in [5, 5.41) is 11.9. The van der Waals surface area contributed by atoms with Gasteiger partial charge in [0.25, 0.3) is 5.91 Å². The fourth-order valence-electron chi connectivity index (χ4n) is 4.86. The van der Waals surface area contributed by atoms with Gasteiger partial charge in [-0.15, -0.1) is 0 Å². The van der Waals surface area contributed by atoms with Crippen LogP contribution in [0.25, 0.3) is 0 Å². The maximum Gasteiger partial charge on any atom is 0.410 e. The minimum absolute atomic E-state index is 0.106. The quantitative estimate of drug-likeness (QED) is 0.210. The van der Waals surface area contributed by atoms with Gasteiger partial charge in [0.1, 0.15) is 34.4 Å². The Labute approximate surface area is 301 Å². The van der Waals surface area contributed by atoms with Gasteiger partial charge in [-0.05, 0) is 101 Å². The molecule has 0 unspecified atom stereocenters. The van der Waals surface area contributed by atoms with Crippen LogP contribution in [-0.4, -0.2) is 87.7 Å². The number of aromatic nitrogens is 2. The van der Waals surface area contributed by atoms with Crippen LogP contribution in [0.2, 0.25) is 0 Å². The predicted octanol–water partition coefficient (Wildman–Crippen LogP) is 7.18. The number of ether oxygens (including phenoxy) is 3. The topological polar surface area (TPSA) is 143 Å². The molecular formula is C38H43F2N5O7. The highest BCUT2D eigenvalue weighted by molar-refractivity contribution is 5.92. The van der Waals surface area contributed by atoms with Crippen LogP contribution in [0.5, 0.6) is 23.3 Å². The molecular weight excluding hydrogens is 676 g/mol. The van der Waals surface area contributed by atoms with Crippen LogP contribution in [0.3, 0.4) is 0 Å². The second-order valence-corrected chi connectivity index (χ2v) is 12.7. The highest BCUT2D eigenvalue weighted by atomic mass is 19.1. The molecule has 0 radical (unpaired) electrons. The fourth-order valence-corrected chi connectivity index (χ4v) is 4.86. The number of rotatable bonds is 6. The SMILES string of the molecule is CC(C)(C)OC(=O)N1CCCCC1.O=C(O)c1cccc(Oc2ccc(F)cc2)n1.O=C(c1cccc(Oc2ccc(F)cc2)n1)N1CCNCC1. The lowest BCUT2D eigenvalue weighted by atomic mass is 10.1. The number of nitrogens with one attached hydrogen (secondary N) is 1. The number of carboxylic acids is 1. The van der Waals surface area contributed by atoms with Crippen LogP contribution in [0.1, 0.15) is 61.0 Å². The molecule has 0 bridgehead atoms. The summed E-state index contributed by atoms with van der Waals surface area (Å²) >= 11 is 0. The van der Waals surface area contributed by atoms with Crippen LogP contribution < -0.4 is 14.8 Å². The van der Waals surface area contributed by atoms with E-state index in [2.05, 4.69) is 15.3 Å². The van der Waals surface area contributed by atoms with E-state index < -0.39 is 5.97 Å². The van der Waals surface area contributed by atoms with Gasteiger partial charge >= 0.3 is 12.1 Å². The Morgan fingerprint density at radius 2 is 1.15 bits per heavy atom. The number of carboxylic acid groups (broad SMARTS) is 1. The average molecular weight is 720 g/mol. The maximum absolute atomic E-state index is 12.9. The molecule has 2 aliphatic rings. The number of carbonyl (C=O) groups excluding carboxylic acids is 2. The molecule has 2 saturated heterocycles. The van der Waals surface area contributed by atoms with Crippen molar-refractivity contribution in [2.75, 3.05) is 39.3 Å². The second kappa shape index (κ2) is 19.1. The predicted molar refractivity (Wildman–Crippen MR) is 189 cm³/mol. The molecule has 2 N–H and O–H groups in total. The summed E-state index contributed by atoms with van der Waals surface area (Å²) < 4.78 is 41.6. The standard InChI is InChI=1S/C16H16FN3O2.C12H8FNO3.C10H19NO2/c17-12-4-6-13(7-5-12)22-15-3-1-2-14(19-15)16(21)20-10-8-18-9-11-20;13-8-4-6-9(7-5-8)17-11-3-1-2-10(14-11)12(15)16;1-10(2,3)13-9(12)11-7-5-4-6-8-11/h1-7,18H,8-11H2;1-7H,(H,15,16);4-8H2,1-3H3. The third-order valence-electron chi connectivity index (χ3n) is 7.37. The van der Waals surface area contributed by atoms with Gasteiger partial charge in [-0.2, -0.15) is 0 Å². The van der Waals surface area contributed by atoms with Gasteiger partial charge in [0.2, 0.25) is 11.8 Å². The lowest BCUT2D eigenvalue weighted by molar-refractivity contribution is 0.0215. The van der Waals surface area contributed by atoms with E-state index in [0.717, 1.165) is 39.0 Å². The Morgan fingerprint density at radius 3 is 1.63 bits per heavy atom. The van der Waals surface area contributed by atoms with Crippen molar-refractivity contribution in [1.29, 1.82) is 0 Å². The van der Waals surface area contributed by atoms with E-state index in [9.17, 15) is 23.2 Å². The molecule has 276 valence electrons. The number of benzene rings is 2. The minimum atomic E-state index is -1.13. The summed E-state index contributed by atoms with van der Waals surface area (Å²) in [6.07, 6.45) is 3.30. The zero-order chi connectivity index (χ0) is 37.5. The number of piperazine rings is 1. The van der Waals surface area contributed by atoms with Crippen LogP contribution in [-0.2, 0) is 4.74 Å². The van der Waals surface area contributed by atoms with Gasteiger partial charge in [0.15, 0.2) is 5.69 Å². The summed E-state index contributed by atoms with van der Waals surface area (Å²) in [7, 11) is 0. The molecule has 0 atom stereocenters. The number of likely N-dealkylation sites (tertiary alicyclic amines) is 1. The number of carbonyl (C=O) groups is 3. The van der Waals surface area contributed by atoms with E-state index in [4.69, 9.17) is 19.3 Å². The third kappa shape index (κ3) is 13.2. The van der Waals surface area contributed by atoms with Crippen molar-refractivity contribution >= 4 is 18.0 Å². The second-order valence-electron chi connectivity index (χ2n) is 12.7. The molecule has 14 heteroatoms. The van der Waals surface area contributed by atoms with E-state index >= 15 is 0 Å². The van der Waals surface area contributed by atoms with Crippen molar-refractivity contribution in [1.82, 2.24) is 25.1 Å². The normalized spacial score (nSPS) is 14.1. The van der Waals surface area contributed by atoms with E-state index in [1.807, 2.05) is 20.8 Å². The molecule has 2 aromatic heterocycles. The third-order valence-corrected chi connectivity index (χ3v) is 7.37. The van der Waals surface area contributed by atoms with Crippen molar-refractivity contribution in [2.24, 2.45) is 0 Å². The van der Waals surface area contributed by atoms with Crippen molar-refractivity contribution in [2.45, 2.75) is 45.6 Å². The lowest BCUT2D eigenvalue weighted by Gasteiger charge is -2.29. The van der Waals surface area contributed by atoms with Crippen LogP contribution in [0, 0.1) is 11.6 Å². The smallest absolute Gasteiger partial charge is 0.410 e. The first-order valence-corrected chi connectivity index (χ1v) is 16.9. The van der Waals surface area contributed by atoms with Gasteiger partial charge in [-0.25, -0.2) is 28.3 Å². The Hall–Kier alpha value is -5.63. The largest absolute Gasteiger partial charge is 0.477 e. The molecule has 12 nitrogen and oxygen atoms in total.